The smallest absolute Gasteiger partial charge is 0.00141 e. The minimum Gasteiger partial charge on any atom is -0.0622 e. The number of fused-ring (bicyclic) bond motifs is 5. The second kappa shape index (κ2) is 18.2. The first-order valence-electron chi connectivity index (χ1n) is 25.7. The van der Waals surface area contributed by atoms with Crippen LogP contribution in [-0.4, -0.2) is 0 Å². The Bertz CT molecular complexity index is 4000. The van der Waals surface area contributed by atoms with E-state index in [4.69, 9.17) is 0 Å². The maximum atomic E-state index is 2.36. The van der Waals surface area contributed by atoms with Gasteiger partial charge in [-0.1, -0.05) is 291 Å². The monoisotopic (exact) mass is 936 g/mol. The first-order valence-corrected chi connectivity index (χ1v) is 25.7. The summed E-state index contributed by atoms with van der Waals surface area (Å²) in [6.45, 7) is 0. The zero-order valence-electron chi connectivity index (χ0n) is 40.7. The van der Waals surface area contributed by atoms with Gasteiger partial charge in [0.15, 0.2) is 0 Å². The van der Waals surface area contributed by atoms with Gasteiger partial charge in [0.2, 0.25) is 0 Å². The molecule has 0 nitrogen and oxygen atoms in total. The van der Waals surface area contributed by atoms with E-state index in [1.54, 1.807) is 0 Å². The van der Waals surface area contributed by atoms with Gasteiger partial charge in [-0.15, -0.1) is 0 Å². The molecule has 0 unspecified atom stereocenters. The molecule has 0 aliphatic rings. The van der Waals surface area contributed by atoms with Crippen molar-refractivity contribution in [3.05, 3.63) is 291 Å². The molecule has 0 atom stereocenters. The Balaban J connectivity index is 0.987. The van der Waals surface area contributed by atoms with Gasteiger partial charge in [-0.25, -0.2) is 0 Å². The van der Waals surface area contributed by atoms with Crippen molar-refractivity contribution in [2.45, 2.75) is 0 Å². The normalized spacial score (nSPS) is 11.5. The van der Waals surface area contributed by atoms with Gasteiger partial charge in [-0.2, -0.15) is 0 Å². The molecule has 0 bridgehead atoms. The van der Waals surface area contributed by atoms with Crippen molar-refractivity contribution in [3.8, 4) is 89.0 Å². The van der Waals surface area contributed by atoms with Crippen molar-refractivity contribution in [1.29, 1.82) is 0 Å². The van der Waals surface area contributed by atoms with Crippen LogP contribution in [0.1, 0.15) is 0 Å². The quantitative estimate of drug-likeness (QED) is 0.133. The Morgan fingerprint density at radius 2 is 0.230 bits per heavy atom. The zero-order valence-corrected chi connectivity index (χ0v) is 40.7. The van der Waals surface area contributed by atoms with E-state index in [2.05, 4.69) is 291 Å². The molecule has 0 radical (unpaired) electrons. The van der Waals surface area contributed by atoms with Gasteiger partial charge in [0.1, 0.15) is 0 Å². The van der Waals surface area contributed by atoms with Gasteiger partial charge >= 0.3 is 0 Å². The van der Waals surface area contributed by atoms with Gasteiger partial charge in [0.05, 0.1) is 0 Å². The van der Waals surface area contributed by atoms with Crippen LogP contribution in [0.3, 0.4) is 0 Å². The molecule has 344 valence electrons. The largest absolute Gasteiger partial charge is 0.0622 e. The lowest BCUT2D eigenvalue weighted by molar-refractivity contribution is 1.56. The van der Waals surface area contributed by atoms with Crippen LogP contribution >= 0.6 is 0 Å². The van der Waals surface area contributed by atoms with Crippen LogP contribution in [0, 0.1) is 0 Å². The molecule has 0 fully saturated rings. The van der Waals surface area contributed by atoms with Crippen LogP contribution < -0.4 is 0 Å². The molecular weight excluding hydrogens is 889 g/mol. The van der Waals surface area contributed by atoms with Gasteiger partial charge < -0.3 is 0 Å². The minimum absolute atomic E-state index is 1.18. The molecule has 0 saturated carbocycles. The van der Waals surface area contributed by atoms with Gasteiger partial charge in [0.25, 0.3) is 0 Å². The summed E-state index contributed by atoms with van der Waals surface area (Å²) in [5.74, 6) is 0. The minimum atomic E-state index is 1.18. The highest BCUT2D eigenvalue weighted by atomic mass is 14.3. The topological polar surface area (TPSA) is 0 Å². The van der Waals surface area contributed by atoms with E-state index in [0.717, 1.165) is 0 Å². The summed E-state index contributed by atoms with van der Waals surface area (Å²) in [6, 6.07) is 107. The van der Waals surface area contributed by atoms with E-state index in [1.165, 1.54) is 143 Å². The molecule has 0 aromatic heterocycles. The molecule has 14 aromatic rings. The fourth-order valence-corrected chi connectivity index (χ4v) is 12.1. The summed E-state index contributed by atoms with van der Waals surface area (Å²) in [5.41, 5.74) is 19.5. The van der Waals surface area contributed by atoms with Crippen LogP contribution in [-0.2, 0) is 0 Å². The maximum Gasteiger partial charge on any atom is -0.00141 e. The van der Waals surface area contributed by atoms with Crippen molar-refractivity contribution in [3.63, 3.8) is 0 Å². The van der Waals surface area contributed by atoms with Crippen LogP contribution in [0.2, 0.25) is 0 Å². The highest BCUT2D eigenvalue weighted by Gasteiger charge is 2.25. The third kappa shape index (κ3) is 7.14. The van der Waals surface area contributed by atoms with Gasteiger partial charge in [0, 0.05) is 0 Å². The van der Waals surface area contributed by atoms with E-state index in [1.807, 2.05) is 0 Å². The van der Waals surface area contributed by atoms with Crippen LogP contribution in [0.5, 0.6) is 0 Å². The molecule has 74 heavy (non-hydrogen) atoms. The first-order chi connectivity index (χ1) is 36.8. The SMILES string of the molecule is c1ccc(-c2c(-c3ccccc3)c(-c3ccc(-c4c5ccccc5c(-c5ccccc5)c5ccccc45)cc3)c3ccccc3c2-c2ccc(-c3c4ccccc4c(-c4ccccc4)c4ccccc34)cc2)cc1. The average molecular weight is 937 g/mol. The average Bonchev–Trinajstić information content (AvgIpc) is 3.48. The van der Waals surface area contributed by atoms with E-state index in [9.17, 15) is 0 Å². The Kier molecular flexibility index (Phi) is 10.6. The summed E-state index contributed by atoms with van der Waals surface area (Å²) in [4.78, 5) is 0. The molecule has 14 rings (SSSR count). The molecule has 0 heteroatoms. The van der Waals surface area contributed by atoms with Crippen LogP contribution in [0.15, 0.2) is 291 Å². The third-order valence-corrected chi connectivity index (χ3v) is 15.3. The summed E-state index contributed by atoms with van der Waals surface area (Å²) >= 11 is 0. The summed E-state index contributed by atoms with van der Waals surface area (Å²) in [7, 11) is 0. The van der Waals surface area contributed by atoms with E-state index in [0.29, 0.717) is 0 Å². The number of hydrogen-bond donors (Lipinski definition) is 0. The maximum absolute atomic E-state index is 2.36. The molecule has 0 saturated heterocycles. The lowest BCUT2D eigenvalue weighted by Gasteiger charge is -2.24. The van der Waals surface area contributed by atoms with Crippen molar-refractivity contribution >= 4 is 53.9 Å². The summed E-state index contributed by atoms with van der Waals surface area (Å²) in [5, 5.41) is 12.5. The van der Waals surface area contributed by atoms with Crippen molar-refractivity contribution in [2.24, 2.45) is 0 Å². The Morgan fingerprint density at radius 3 is 0.432 bits per heavy atom. The van der Waals surface area contributed by atoms with E-state index < -0.39 is 0 Å². The van der Waals surface area contributed by atoms with Crippen LogP contribution in [0.4, 0.5) is 0 Å². The highest BCUT2D eigenvalue weighted by Crippen LogP contribution is 2.52. The van der Waals surface area contributed by atoms with Crippen LogP contribution in [0.25, 0.3) is 143 Å². The Labute approximate surface area is 431 Å². The predicted octanol–water partition coefficient (Wildman–Crippen LogP) is 20.8. The fourth-order valence-electron chi connectivity index (χ4n) is 12.1. The first kappa shape index (κ1) is 43.2. The molecule has 0 heterocycles. The Hall–Kier alpha value is -9.62. The predicted molar refractivity (Wildman–Crippen MR) is 317 cm³/mol. The lowest BCUT2D eigenvalue weighted by atomic mass is 9.78. The number of benzene rings is 14. The van der Waals surface area contributed by atoms with Crippen molar-refractivity contribution in [2.75, 3.05) is 0 Å². The summed E-state index contributed by atoms with van der Waals surface area (Å²) < 4.78 is 0. The molecule has 0 N–H and O–H groups in total. The van der Waals surface area contributed by atoms with Crippen molar-refractivity contribution in [1.82, 2.24) is 0 Å². The number of hydrogen-bond acceptors (Lipinski definition) is 0. The third-order valence-electron chi connectivity index (χ3n) is 15.3. The van der Waals surface area contributed by atoms with Crippen molar-refractivity contribution < 1.29 is 0 Å². The lowest BCUT2D eigenvalue weighted by Crippen LogP contribution is -1.97. The number of rotatable bonds is 8. The second-order valence-electron chi connectivity index (χ2n) is 19.3. The summed E-state index contributed by atoms with van der Waals surface area (Å²) in [6.07, 6.45) is 0. The zero-order chi connectivity index (χ0) is 49.0. The fraction of sp³-hybridized carbons (Fsp3) is 0. The standard InChI is InChI=1S/C74H48/c1-5-23-49(24-6-1)67-57-31-13-17-35-61(57)69(62-36-18-14-32-58(62)67)53-41-45-55(46-42-53)71-65-39-21-22-40-66(65)72(74(52-29-11-4-12-30-52)73(71)51-27-9-3-10-28-51)56-47-43-54(44-48-56)70-63-37-19-15-33-59(63)68(50-25-7-2-8-26-50)60-34-16-20-38-64(60)70/h1-48H. The molecule has 0 amide bonds. The Morgan fingerprint density at radius 1 is 0.0946 bits per heavy atom. The molecule has 0 spiro atoms. The second-order valence-corrected chi connectivity index (χ2v) is 19.3. The highest BCUT2D eigenvalue weighted by molar-refractivity contribution is 6.24. The van der Waals surface area contributed by atoms with E-state index >= 15 is 0 Å². The molecule has 14 aromatic carbocycles. The van der Waals surface area contributed by atoms with Gasteiger partial charge in [-0.05, 0) is 143 Å². The molecular formula is C74H48. The van der Waals surface area contributed by atoms with Gasteiger partial charge in [-0.3, -0.25) is 0 Å². The van der Waals surface area contributed by atoms with E-state index in [-0.39, 0.29) is 0 Å². The molecule has 0 aliphatic carbocycles. The molecule has 0 aliphatic heterocycles.